The molecule has 0 bridgehead atoms. The minimum absolute atomic E-state index is 0.115. The van der Waals surface area contributed by atoms with Crippen LogP contribution >= 0.6 is 0 Å². The topological polar surface area (TPSA) is 44.1 Å². The zero-order valence-electron chi connectivity index (χ0n) is 10.4. The van der Waals surface area contributed by atoms with Crippen LogP contribution in [0.1, 0.15) is 6.92 Å². The Hall–Kier alpha value is -1.10. The van der Waals surface area contributed by atoms with Gasteiger partial charge in [-0.05, 0) is 0 Å². The van der Waals surface area contributed by atoms with Gasteiger partial charge in [-0.2, -0.15) is 0 Å². The number of hydrogen-bond donors (Lipinski definition) is 0. The molecule has 0 radical (unpaired) electrons. The number of carbonyl (C=O) groups excluding carboxylic acids is 1. The van der Waals surface area contributed by atoms with Gasteiger partial charge in [-0.3, -0.25) is 4.79 Å². The molecule has 1 heterocycles. The molecule has 0 saturated carbocycles. The molecule has 0 aliphatic heterocycles. The van der Waals surface area contributed by atoms with Crippen LogP contribution in [0.2, 0.25) is 19.6 Å². The first-order valence-electron chi connectivity index (χ1n) is 5.51. The molecule has 1 atom stereocenters. The Morgan fingerprint density at radius 1 is 1.50 bits per heavy atom. The highest BCUT2D eigenvalue weighted by molar-refractivity contribution is 6.76. The summed E-state index contributed by atoms with van der Waals surface area (Å²) in [5.41, 5.74) is 0. The first-order valence-corrected chi connectivity index (χ1v) is 9.21. The molecule has 1 unspecified atom stereocenters. The molecule has 1 rings (SSSR count). The van der Waals surface area contributed by atoms with Crippen LogP contribution in [0, 0.1) is 5.92 Å². The highest BCUT2D eigenvalue weighted by Crippen LogP contribution is 2.06. The lowest BCUT2D eigenvalue weighted by atomic mass is 10.2. The van der Waals surface area contributed by atoms with E-state index in [1.165, 1.54) is 0 Å². The van der Waals surface area contributed by atoms with Gasteiger partial charge in [0.15, 0.2) is 0 Å². The number of ether oxygens (including phenoxy) is 1. The van der Waals surface area contributed by atoms with Gasteiger partial charge < -0.3 is 9.30 Å². The monoisotopic (exact) mass is 240 g/mol. The van der Waals surface area contributed by atoms with E-state index < -0.39 is 8.07 Å². The number of esters is 1. The molecule has 4 nitrogen and oxygen atoms in total. The van der Waals surface area contributed by atoms with E-state index in [1.807, 2.05) is 17.7 Å². The summed E-state index contributed by atoms with van der Waals surface area (Å²) in [6.07, 6.45) is 5.87. The lowest BCUT2D eigenvalue weighted by Crippen LogP contribution is -2.32. The maximum Gasteiger partial charge on any atom is 0.310 e. The molecule has 1 aromatic heterocycles. The molecule has 0 N–H and O–H groups in total. The Morgan fingerprint density at radius 2 is 2.19 bits per heavy atom. The number of carbonyl (C=O) groups is 1. The summed E-state index contributed by atoms with van der Waals surface area (Å²) < 4.78 is 7.20. The molecule has 5 heteroatoms. The van der Waals surface area contributed by atoms with E-state index in [1.54, 1.807) is 12.5 Å². The van der Waals surface area contributed by atoms with Crippen LogP contribution in [0.15, 0.2) is 18.7 Å². The smallest absolute Gasteiger partial charge is 0.310 e. The number of aromatic nitrogens is 2. The summed E-state index contributed by atoms with van der Waals surface area (Å²) in [5, 5.41) is 0. The van der Waals surface area contributed by atoms with Gasteiger partial charge in [0.25, 0.3) is 0 Å². The van der Waals surface area contributed by atoms with Gasteiger partial charge in [-0.1, -0.05) is 26.6 Å². The lowest BCUT2D eigenvalue weighted by molar-refractivity contribution is -0.146. The van der Waals surface area contributed by atoms with Crippen LogP contribution < -0.4 is 0 Å². The van der Waals surface area contributed by atoms with Gasteiger partial charge >= 0.3 is 5.97 Å². The fourth-order valence-corrected chi connectivity index (χ4v) is 1.79. The Morgan fingerprint density at radius 3 is 2.69 bits per heavy atom. The average Bonchev–Trinajstić information content (AvgIpc) is 2.65. The Bertz CT molecular complexity index is 330. The molecule has 1 aromatic rings. The van der Waals surface area contributed by atoms with Gasteiger partial charge in [-0.15, -0.1) is 0 Å². The quantitative estimate of drug-likeness (QED) is 0.583. The van der Waals surface area contributed by atoms with Crippen LogP contribution in [0.5, 0.6) is 0 Å². The van der Waals surface area contributed by atoms with Crippen molar-refractivity contribution in [2.24, 2.45) is 5.92 Å². The summed E-state index contributed by atoms with van der Waals surface area (Å²) in [7, 11) is -1.31. The van der Waals surface area contributed by atoms with Crippen molar-refractivity contribution in [3.8, 4) is 0 Å². The first-order chi connectivity index (χ1) is 7.38. The third-order valence-corrected chi connectivity index (χ3v) is 3.10. The molecule has 0 spiro atoms. The molecular weight excluding hydrogens is 220 g/mol. The first kappa shape index (κ1) is 13.0. The van der Waals surface area contributed by atoms with Crippen molar-refractivity contribution in [1.82, 2.24) is 9.55 Å². The fraction of sp³-hybridized carbons (Fsp3) is 0.636. The molecular formula is C11H20N2O2Si. The Labute approximate surface area is 97.6 Å². The second-order valence-corrected chi connectivity index (χ2v) is 10.7. The van der Waals surface area contributed by atoms with Crippen LogP contribution in [-0.4, -0.2) is 29.8 Å². The van der Waals surface area contributed by atoms with Crippen molar-refractivity contribution in [1.29, 1.82) is 0 Å². The molecule has 0 fully saturated rings. The van der Waals surface area contributed by atoms with E-state index in [4.69, 9.17) is 4.74 Å². The van der Waals surface area contributed by atoms with E-state index in [-0.39, 0.29) is 11.9 Å². The van der Waals surface area contributed by atoms with Crippen molar-refractivity contribution < 1.29 is 9.53 Å². The van der Waals surface area contributed by atoms with E-state index >= 15 is 0 Å². The van der Waals surface area contributed by atoms with E-state index in [2.05, 4.69) is 24.6 Å². The highest BCUT2D eigenvalue weighted by Gasteiger charge is 2.20. The summed E-state index contributed by atoms with van der Waals surface area (Å²) in [6.45, 7) is 9.06. The minimum Gasteiger partial charge on any atom is -0.469 e. The van der Waals surface area contributed by atoms with Crippen molar-refractivity contribution in [3.05, 3.63) is 18.7 Å². The number of hydrogen-bond acceptors (Lipinski definition) is 3. The molecule has 0 aliphatic carbocycles. The van der Waals surface area contributed by atoms with Gasteiger partial charge in [0.2, 0.25) is 0 Å². The highest BCUT2D eigenvalue weighted by atomic mass is 28.3. The third kappa shape index (κ3) is 4.61. The predicted octanol–water partition coefficient (Wildman–Crippen LogP) is 1.94. The summed E-state index contributed by atoms with van der Waals surface area (Å²) in [6, 6.07) is 0. The summed E-state index contributed by atoms with van der Waals surface area (Å²) in [4.78, 5) is 15.6. The maximum atomic E-state index is 11.7. The van der Waals surface area contributed by atoms with Crippen molar-refractivity contribution >= 4 is 14.0 Å². The number of nitrogens with zero attached hydrogens (tertiary/aromatic N) is 2. The Kier molecular flexibility index (Phi) is 4.29. The average molecular weight is 240 g/mol. The molecule has 16 heavy (non-hydrogen) atoms. The molecule has 0 saturated heterocycles. The molecule has 0 aliphatic rings. The second kappa shape index (κ2) is 5.29. The van der Waals surface area contributed by atoms with Crippen LogP contribution in [0.4, 0.5) is 0 Å². The zero-order valence-corrected chi connectivity index (χ0v) is 11.4. The molecule has 0 amide bonds. The van der Waals surface area contributed by atoms with Crippen LogP contribution in [-0.2, 0) is 16.1 Å². The Balaban J connectivity index is 2.37. The zero-order chi connectivity index (χ0) is 12.2. The van der Waals surface area contributed by atoms with E-state index in [0.717, 1.165) is 0 Å². The van der Waals surface area contributed by atoms with Crippen molar-refractivity contribution in [2.45, 2.75) is 33.1 Å². The third-order valence-electron chi connectivity index (χ3n) is 2.09. The van der Waals surface area contributed by atoms with Crippen LogP contribution in [0.25, 0.3) is 0 Å². The van der Waals surface area contributed by atoms with Gasteiger partial charge in [0, 0.05) is 18.9 Å². The summed E-state index contributed by atoms with van der Waals surface area (Å²) >= 11 is 0. The SMILES string of the molecule is CC(Cn1ccnc1)C(=O)OC[Si](C)(C)C. The molecule has 90 valence electrons. The van der Waals surface area contributed by atoms with Crippen molar-refractivity contribution in [3.63, 3.8) is 0 Å². The van der Waals surface area contributed by atoms with E-state index in [9.17, 15) is 4.79 Å². The summed E-state index contributed by atoms with van der Waals surface area (Å²) in [5.74, 6) is -0.235. The van der Waals surface area contributed by atoms with Crippen LogP contribution in [0.3, 0.4) is 0 Å². The second-order valence-electron chi connectivity index (χ2n) is 5.33. The van der Waals surface area contributed by atoms with Gasteiger partial charge in [0.05, 0.1) is 26.5 Å². The largest absolute Gasteiger partial charge is 0.469 e. The normalized spacial score (nSPS) is 13.5. The lowest BCUT2D eigenvalue weighted by Gasteiger charge is -2.18. The standard InChI is InChI=1S/C11H20N2O2Si/c1-10(7-13-6-5-12-8-13)11(14)15-9-16(2,3)4/h5-6,8,10H,7,9H2,1-4H3. The minimum atomic E-state index is -1.31. The molecule has 0 aromatic carbocycles. The van der Waals surface area contributed by atoms with Gasteiger partial charge in [-0.25, -0.2) is 4.98 Å². The number of imidazole rings is 1. The van der Waals surface area contributed by atoms with E-state index in [0.29, 0.717) is 12.8 Å². The number of rotatable bonds is 5. The van der Waals surface area contributed by atoms with Crippen molar-refractivity contribution in [2.75, 3.05) is 6.23 Å². The van der Waals surface area contributed by atoms with Gasteiger partial charge in [0.1, 0.15) is 0 Å². The maximum absolute atomic E-state index is 11.7. The predicted molar refractivity (Wildman–Crippen MR) is 65.7 cm³/mol. The fourth-order valence-electron chi connectivity index (χ4n) is 1.22.